The molecule has 0 saturated heterocycles. The van der Waals surface area contributed by atoms with Crippen molar-refractivity contribution in [3.63, 3.8) is 0 Å². The summed E-state index contributed by atoms with van der Waals surface area (Å²) in [5, 5.41) is 17.8. The standard InChI is InChI=1S/C8H10.2C7H10N2.C6H8N2.C6H14O2/c1-7-4-3-5-8(2)6-7;1-5-2-3-6(8)4-7(5)9;1-5-6(8)3-2-4-7(5)9;7-5-1-2-6(8)4-3-5;1-5(7)4-6(2,3)8/h3-6H,1-2H3;2*2-4H,8-9H2,1H3;1-4H,7-8H2;5,7-8H,4H2,1-3H3. The van der Waals surface area contributed by atoms with E-state index in [4.69, 9.17) is 44.6 Å². The van der Waals surface area contributed by atoms with E-state index in [1.54, 1.807) is 51.1 Å². The number of nitrogen functional groups attached to an aromatic ring is 6. The smallest absolute Gasteiger partial charge is 0.0616 e. The van der Waals surface area contributed by atoms with Crippen molar-refractivity contribution in [1.29, 1.82) is 0 Å². The van der Waals surface area contributed by atoms with Crippen molar-refractivity contribution in [2.45, 2.75) is 66.6 Å². The first-order valence-corrected chi connectivity index (χ1v) is 13.7. The summed E-state index contributed by atoms with van der Waals surface area (Å²) in [6.07, 6.45) is 0.0301. The summed E-state index contributed by atoms with van der Waals surface area (Å²) in [6.45, 7) is 13.1. The summed E-state index contributed by atoms with van der Waals surface area (Å²) in [5.74, 6) is 0. The minimum atomic E-state index is -0.728. The van der Waals surface area contributed by atoms with E-state index in [1.807, 2.05) is 44.2 Å². The highest BCUT2D eigenvalue weighted by atomic mass is 16.3. The number of rotatable bonds is 2. The normalized spacial score (nSPS) is 10.6. The molecule has 0 aromatic heterocycles. The van der Waals surface area contributed by atoms with Crippen LogP contribution in [0.3, 0.4) is 0 Å². The number of anilines is 6. The van der Waals surface area contributed by atoms with Crippen molar-refractivity contribution >= 4 is 34.1 Å². The molecular formula is C34H52N6O2. The molecule has 4 aromatic rings. The summed E-state index contributed by atoms with van der Waals surface area (Å²) < 4.78 is 0. The van der Waals surface area contributed by atoms with E-state index < -0.39 is 11.7 Å². The van der Waals surface area contributed by atoms with Crippen molar-refractivity contribution in [3.8, 4) is 0 Å². The number of hydrogen-bond donors (Lipinski definition) is 8. The Morgan fingerprint density at radius 3 is 1.26 bits per heavy atom. The first-order chi connectivity index (χ1) is 19.4. The van der Waals surface area contributed by atoms with Crippen molar-refractivity contribution in [2.75, 3.05) is 34.4 Å². The van der Waals surface area contributed by atoms with E-state index in [9.17, 15) is 0 Å². The predicted molar refractivity (Wildman–Crippen MR) is 184 cm³/mol. The molecule has 0 aliphatic heterocycles. The molecule has 230 valence electrons. The zero-order valence-corrected chi connectivity index (χ0v) is 26.2. The van der Waals surface area contributed by atoms with Crippen molar-refractivity contribution < 1.29 is 10.2 Å². The quantitative estimate of drug-likeness (QED) is 0.133. The molecule has 0 heterocycles. The predicted octanol–water partition coefficient (Wildman–Crippen LogP) is 6.00. The van der Waals surface area contributed by atoms with Crippen LogP contribution in [0.25, 0.3) is 0 Å². The fourth-order valence-corrected chi connectivity index (χ4v) is 3.36. The lowest BCUT2D eigenvalue weighted by Gasteiger charge is -2.17. The third kappa shape index (κ3) is 18.8. The van der Waals surface area contributed by atoms with Gasteiger partial charge in [0.05, 0.1) is 11.7 Å². The van der Waals surface area contributed by atoms with E-state index >= 15 is 0 Å². The SMILES string of the molecule is CC(O)CC(C)(C)O.Cc1c(N)cccc1N.Cc1ccc(N)cc1N.Cc1cccc(C)c1.Nc1ccc(N)cc1. The van der Waals surface area contributed by atoms with E-state index in [2.05, 4.69) is 38.1 Å². The van der Waals surface area contributed by atoms with Crippen LogP contribution in [-0.2, 0) is 0 Å². The highest BCUT2D eigenvalue weighted by Gasteiger charge is 2.14. The zero-order chi connectivity index (χ0) is 32.5. The Labute approximate surface area is 252 Å². The Balaban J connectivity index is 0.000000501. The molecule has 0 amide bonds. The lowest BCUT2D eigenvalue weighted by Crippen LogP contribution is -2.24. The molecule has 8 heteroatoms. The number of aryl methyl sites for hydroxylation is 3. The summed E-state index contributed by atoms with van der Waals surface area (Å²) in [5.41, 5.74) is 41.3. The Kier molecular flexibility index (Phi) is 16.9. The first kappa shape index (κ1) is 37.6. The van der Waals surface area contributed by atoms with Gasteiger partial charge in [0.1, 0.15) is 0 Å². The molecular weight excluding hydrogens is 524 g/mol. The van der Waals surface area contributed by atoms with E-state index in [0.29, 0.717) is 6.42 Å². The second-order valence-electron chi connectivity index (χ2n) is 10.9. The number of hydrogen-bond acceptors (Lipinski definition) is 8. The van der Waals surface area contributed by atoms with Gasteiger partial charge in [-0.2, -0.15) is 0 Å². The summed E-state index contributed by atoms with van der Waals surface area (Å²) in [7, 11) is 0. The van der Waals surface area contributed by atoms with Crippen LogP contribution in [0.4, 0.5) is 34.1 Å². The minimum absolute atomic E-state index is 0.407. The van der Waals surface area contributed by atoms with Gasteiger partial charge in [0.25, 0.3) is 0 Å². The first-order valence-electron chi connectivity index (χ1n) is 13.7. The Morgan fingerprint density at radius 2 is 1.00 bits per heavy atom. The van der Waals surface area contributed by atoms with Crippen LogP contribution in [0.1, 0.15) is 49.4 Å². The number of aliphatic hydroxyl groups excluding tert-OH is 1. The molecule has 0 fully saturated rings. The second kappa shape index (κ2) is 18.9. The second-order valence-corrected chi connectivity index (χ2v) is 10.9. The van der Waals surface area contributed by atoms with Gasteiger partial charge in [-0.25, -0.2) is 0 Å². The molecule has 0 bridgehead atoms. The van der Waals surface area contributed by atoms with Gasteiger partial charge in [-0.15, -0.1) is 0 Å². The molecule has 4 rings (SSSR count). The molecule has 1 unspecified atom stereocenters. The van der Waals surface area contributed by atoms with Gasteiger partial charge in [0.2, 0.25) is 0 Å². The fourth-order valence-electron chi connectivity index (χ4n) is 3.36. The third-order valence-electron chi connectivity index (χ3n) is 5.63. The average Bonchev–Trinajstić information content (AvgIpc) is 2.87. The summed E-state index contributed by atoms with van der Waals surface area (Å²) in [4.78, 5) is 0. The molecule has 0 aliphatic rings. The molecule has 0 saturated carbocycles. The van der Waals surface area contributed by atoms with Crippen LogP contribution in [0, 0.1) is 27.7 Å². The maximum atomic E-state index is 9.03. The number of nitrogens with two attached hydrogens (primary N) is 6. The zero-order valence-electron chi connectivity index (χ0n) is 26.2. The van der Waals surface area contributed by atoms with Gasteiger partial charge in [0, 0.05) is 40.5 Å². The Bertz CT molecular complexity index is 1260. The molecule has 1 atom stereocenters. The van der Waals surface area contributed by atoms with Crippen molar-refractivity contribution in [1.82, 2.24) is 0 Å². The molecule has 4 aromatic carbocycles. The van der Waals surface area contributed by atoms with Gasteiger partial charge in [-0.3, -0.25) is 0 Å². The maximum absolute atomic E-state index is 9.03. The number of benzene rings is 4. The van der Waals surface area contributed by atoms with Crippen molar-refractivity contribution in [3.05, 3.63) is 107 Å². The van der Waals surface area contributed by atoms with Crippen LogP contribution >= 0.6 is 0 Å². The maximum Gasteiger partial charge on any atom is 0.0616 e. The molecule has 0 aliphatic carbocycles. The third-order valence-corrected chi connectivity index (χ3v) is 5.63. The van der Waals surface area contributed by atoms with Gasteiger partial charge in [0.15, 0.2) is 0 Å². The van der Waals surface area contributed by atoms with Crippen LogP contribution in [0.5, 0.6) is 0 Å². The monoisotopic (exact) mass is 576 g/mol. The van der Waals surface area contributed by atoms with Gasteiger partial charge in [-0.05, 0) is 108 Å². The summed E-state index contributed by atoms with van der Waals surface area (Å²) in [6, 6.07) is 26.6. The van der Waals surface area contributed by atoms with Crippen LogP contribution in [0.2, 0.25) is 0 Å². The minimum Gasteiger partial charge on any atom is -0.399 e. The molecule has 8 nitrogen and oxygen atoms in total. The number of aliphatic hydroxyl groups is 2. The molecule has 0 radical (unpaired) electrons. The van der Waals surface area contributed by atoms with E-state index in [1.165, 1.54) is 11.1 Å². The van der Waals surface area contributed by atoms with Gasteiger partial charge >= 0.3 is 0 Å². The topological polar surface area (TPSA) is 197 Å². The highest BCUT2D eigenvalue weighted by Crippen LogP contribution is 2.16. The Hall–Kier alpha value is -4.40. The van der Waals surface area contributed by atoms with Crippen LogP contribution in [0.15, 0.2) is 84.9 Å². The van der Waals surface area contributed by atoms with Gasteiger partial charge in [-0.1, -0.05) is 47.5 Å². The summed E-state index contributed by atoms with van der Waals surface area (Å²) >= 11 is 0. The largest absolute Gasteiger partial charge is 0.399 e. The lowest BCUT2D eigenvalue weighted by molar-refractivity contribution is 0.0249. The molecule has 0 spiro atoms. The van der Waals surface area contributed by atoms with E-state index in [-0.39, 0.29) is 0 Å². The fraction of sp³-hybridized carbons (Fsp3) is 0.294. The lowest BCUT2D eigenvalue weighted by atomic mass is 10.0. The highest BCUT2D eigenvalue weighted by molar-refractivity contribution is 5.60. The van der Waals surface area contributed by atoms with E-state index in [0.717, 1.165) is 45.3 Å². The molecule has 14 N–H and O–H groups in total. The average molecular weight is 577 g/mol. The Morgan fingerprint density at radius 1 is 0.595 bits per heavy atom. The van der Waals surface area contributed by atoms with Crippen molar-refractivity contribution in [2.24, 2.45) is 0 Å². The van der Waals surface area contributed by atoms with Crippen LogP contribution < -0.4 is 34.4 Å². The van der Waals surface area contributed by atoms with Crippen LogP contribution in [-0.4, -0.2) is 21.9 Å². The van der Waals surface area contributed by atoms with Gasteiger partial charge < -0.3 is 44.6 Å². The molecule has 42 heavy (non-hydrogen) atoms.